The fourth-order valence-electron chi connectivity index (χ4n) is 3.46. The highest BCUT2D eigenvalue weighted by atomic mass is 16.2. The number of hydrogen-bond acceptors (Lipinski definition) is 4. The molecule has 2 amide bonds. The number of hydrogen-bond donors (Lipinski definition) is 1. The van der Waals surface area contributed by atoms with Gasteiger partial charge in [-0.1, -0.05) is 12.1 Å². The topological polar surface area (TPSA) is 86.4 Å². The Labute approximate surface area is 144 Å². The van der Waals surface area contributed by atoms with Gasteiger partial charge in [-0.3, -0.25) is 14.4 Å². The summed E-state index contributed by atoms with van der Waals surface area (Å²) in [6, 6.07) is 7.45. The van der Waals surface area contributed by atoms with E-state index < -0.39 is 0 Å². The summed E-state index contributed by atoms with van der Waals surface area (Å²) >= 11 is 0. The zero-order chi connectivity index (χ0) is 17.6. The molecule has 0 bridgehead atoms. The van der Waals surface area contributed by atoms with Crippen LogP contribution in [0.4, 0.5) is 0 Å². The largest absolute Gasteiger partial charge is 0.339 e. The Morgan fingerprint density at radius 1 is 1.32 bits per heavy atom. The van der Waals surface area contributed by atoms with E-state index >= 15 is 0 Å². The molecule has 1 aromatic heterocycles. The SMILES string of the molecule is CN(Cc1nc2ccccc2c(=O)[nH]1)C(=O)[C@@H]1CC(=O)N(C2CC2)C1. The number of nitrogens with zero attached hydrogens (tertiary/aromatic N) is 3. The number of likely N-dealkylation sites (tertiary alicyclic amines) is 1. The van der Waals surface area contributed by atoms with Gasteiger partial charge in [0.25, 0.3) is 5.56 Å². The quantitative estimate of drug-likeness (QED) is 0.896. The first-order valence-corrected chi connectivity index (χ1v) is 8.55. The summed E-state index contributed by atoms with van der Waals surface area (Å²) in [7, 11) is 1.68. The predicted molar refractivity (Wildman–Crippen MR) is 91.7 cm³/mol. The molecule has 2 heterocycles. The first kappa shape index (κ1) is 15.8. The van der Waals surface area contributed by atoms with Gasteiger partial charge in [0.1, 0.15) is 5.82 Å². The van der Waals surface area contributed by atoms with Gasteiger partial charge in [-0.15, -0.1) is 0 Å². The fraction of sp³-hybridized carbons (Fsp3) is 0.444. The Kier molecular flexibility index (Phi) is 3.78. The summed E-state index contributed by atoms with van der Waals surface area (Å²) in [5.74, 6) is 0.145. The van der Waals surface area contributed by atoms with Crippen molar-refractivity contribution in [2.75, 3.05) is 13.6 Å². The van der Waals surface area contributed by atoms with Crippen molar-refractivity contribution in [3.63, 3.8) is 0 Å². The van der Waals surface area contributed by atoms with E-state index in [9.17, 15) is 14.4 Å². The Bertz CT molecular complexity index is 903. The molecule has 2 aliphatic rings. The number of aromatic nitrogens is 2. The average molecular weight is 340 g/mol. The van der Waals surface area contributed by atoms with E-state index in [4.69, 9.17) is 0 Å². The Morgan fingerprint density at radius 2 is 2.08 bits per heavy atom. The van der Waals surface area contributed by atoms with Crippen molar-refractivity contribution in [3.8, 4) is 0 Å². The number of amides is 2. The van der Waals surface area contributed by atoms with E-state index in [1.165, 1.54) is 0 Å². The fourth-order valence-corrected chi connectivity index (χ4v) is 3.46. The Balaban J connectivity index is 1.48. The monoisotopic (exact) mass is 340 g/mol. The van der Waals surface area contributed by atoms with Gasteiger partial charge in [0.15, 0.2) is 0 Å². The summed E-state index contributed by atoms with van der Waals surface area (Å²) in [6.07, 6.45) is 2.37. The van der Waals surface area contributed by atoms with Crippen LogP contribution in [-0.4, -0.2) is 51.2 Å². The zero-order valence-electron chi connectivity index (χ0n) is 14.1. The molecule has 7 nitrogen and oxygen atoms in total. The van der Waals surface area contributed by atoms with Crippen molar-refractivity contribution in [2.45, 2.75) is 31.8 Å². The average Bonchev–Trinajstić information content (AvgIpc) is 3.36. The lowest BCUT2D eigenvalue weighted by molar-refractivity contribution is -0.135. The van der Waals surface area contributed by atoms with E-state index in [0.29, 0.717) is 29.3 Å². The van der Waals surface area contributed by atoms with Gasteiger partial charge >= 0.3 is 0 Å². The van der Waals surface area contributed by atoms with E-state index in [1.807, 2.05) is 11.0 Å². The maximum Gasteiger partial charge on any atom is 0.258 e. The van der Waals surface area contributed by atoms with Gasteiger partial charge in [0.2, 0.25) is 11.8 Å². The maximum absolute atomic E-state index is 12.7. The minimum absolute atomic E-state index is 0.0755. The highest BCUT2D eigenvalue weighted by Gasteiger charge is 2.42. The first-order valence-electron chi connectivity index (χ1n) is 8.55. The summed E-state index contributed by atoms with van der Waals surface area (Å²) in [4.78, 5) is 47.4. The van der Waals surface area contributed by atoms with Crippen molar-refractivity contribution < 1.29 is 9.59 Å². The summed E-state index contributed by atoms with van der Waals surface area (Å²) in [5.41, 5.74) is 0.399. The normalized spacial score (nSPS) is 20.3. The third-order valence-corrected chi connectivity index (χ3v) is 4.92. The standard InChI is InChI=1S/C18H20N4O3/c1-21(18(25)11-8-16(23)22(9-11)12-6-7-12)10-15-19-14-5-3-2-4-13(14)17(24)20-15/h2-5,11-12H,6-10H2,1H3,(H,19,20,24)/t11-/m1/s1. The van der Waals surface area contributed by atoms with E-state index in [0.717, 1.165) is 12.8 Å². The molecule has 1 atom stereocenters. The second-order valence-electron chi connectivity index (χ2n) is 6.90. The molecule has 0 radical (unpaired) electrons. The molecule has 1 N–H and O–H groups in total. The van der Waals surface area contributed by atoms with Crippen LogP contribution in [0.2, 0.25) is 0 Å². The smallest absolute Gasteiger partial charge is 0.258 e. The molecule has 1 saturated carbocycles. The van der Waals surface area contributed by atoms with Gasteiger partial charge in [-0.05, 0) is 25.0 Å². The number of aromatic amines is 1. The second kappa shape index (κ2) is 5.98. The molecular formula is C18H20N4O3. The number of rotatable bonds is 4. The van der Waals surface area contributed by atoms with E-state index in [-0.39, 0.29) is 36.3 Å². The maximum atomic E-state index is 12.7. The number of carbonyl (C=O) groups is 2. The van der Waals surface area contributed by atoms with Crippen molar-refractivity contribution >= 4 is 22.7 Å². The highest BCUT2D eigenvalue weighted by Crippen LogP contribution is 2.33. The summed E-state index contributed by atoms with van der Waals surface area (Å²) in [6.45, 7) is 0.724. The second-order valence-corrected chi connectivity index (χ2v) is 6.90. The van der Waals surface area contributed by atoms with Crippen molar-refractivity contribution in [1.82, 2.24) is 19.8 Å². The molecule has 1 aliphatic heterocycles. The van der Waals surface area contributed by atoms with E-state index in [2.05, 4.69) is 9.97 Å². The van der Waals surface area contributed by atoms with Crippen molar-refractivity contribution in [3.05, 3.63) is 40.4 Å². The number of H-pyrrole nitrogens is 1. The number of fused-ring (bicyclic) bond motifs is 1. The highest BCUT2D eigenvalue weighted by molar-refractivity contribution is 5.89. The number of nitrogens with one attached hydrogen (secondary N) is 1. The van der Waals surface area contributed by atoms with E-state index in [1.54, 1.807) is 30.1 Å². The molecule has 1 aromatic carbocycles. The van der Waals surface area contributed by atoms with Gasteiger partial charge < -0.3 is 14.8 Å². The number of benzene rings is 1. The zero-order valence-corrected chi connectivity index (χ0v) is 14.1. The molecule has 7 heteroatoms. The summed E-state index contributed by atoms with van der Waals surface area (Å²) < 4.78 is 0. The van der Waals surface area contributed by atoms with Crippen LogP contribution < -0.4 is 5.56 Å². The van der Waals surface area contributed by atoms with Gasteiger partial charge in [-0.2, -0.15) is 0 Å². The molecule has 1 saturated heterocycles. The van der Waals surface area contributed by atoms with Crippen LogP contribution in [0.15, 0.2) is 29.1 Å². The summed E-state index contributed by atoms with van der Waals surface area (Å²) in [5, 5.41) is 0.529. The molecular weight excluding hydrogens is 320 g/mol. The lowest BCUT2D eigenvalue weighted by Crippen LogP contribution is -2.35. The third-order valence-electron chi connectivity index (χ3n) is 4.92. The minimum Gasteiger partial charge on any atom is -0.339 e. The lowest BCUT2D eigenvalue weighted by Gasteiger charge is -2.21. The molecule has 25 heavy (non-hydrogen) atoms. The molecule has 2 aromatic rings. The molecule has 2 fully saturated rings. The van der Waals surface area contributed by atoms with Crippen LogP contribution in [-0.2, 0) is 16.1 Å². The van der Waals surface area contributed by atoms with Crippen LogP contribution >= 0.6 is 0 Å². The lowest BCUT2D eigenvalue weighted by atomic mass is 10.1. The number of para-hydroxylation sites is 1. The molecule has 1 aliphatic carbocycles. The molecule has 4 rings (SSSR count). The minimum atomic E-state index is -0.301. The Hall–Kier alpha value is -2.70. The van der Waals surface area contributed by atoms with Gasteiger partial charge in [-0.25, -0.2) is 4.98 Å². The van der Waals surface area contributed by atoms with Crippen molar-refractivity contribution in [1.29, 1.82) is 0 Å². The third kappa shape index (κ3) is 3.01. The van der Waals surface area contributed by atoms with Crippen LogP contribution in [0.25, 0.3) is 10.9 Å². The van der Waals surface area contributed by atoms with Gasteiger partial charge in [0.05, 0.1) is 23.4 Å². The van der Waals surface area contributed by atoms with Crippen LogP contribution in [0.3, 0.4) is 0 Å². The van der Waals surface area contributed by atoms with Crippen LogP contribution in [0.1, 0.15) is 25.1 Å². The molecule has 130 valence electrons. The molecule has 0 unspecified atom stereocenters. The van der Waals surface area contributed by atoms with Crippen molar-refractivity contribution in [2.24, 2.45) is 5.92 Å². The van der Waals surface area contributed by atoms with Gasteiger partial charge in [0, 0.05) is 26.1 Å². The molecule has 0 spiro atoms. The van der Waals surface area contributed by atoms with Crippen LogP contribution in [0, 0.1) is 5.92 Å². The van der Waals surface area contributed by atoms with Crippen LogP contribution in [0.5, 0.6) is 0 Å². The number of carbonyl (C=O) groups excluding carboxylic acids is 2. The first-order chi connectivity index (χ1) is 12.0. The predicted octanol–water partition coefficient (Wildman–Crippen LogP) is 0.892. The Morgan fingerprint density at radius 3 is 2.84 bits per heavy atom.